The maximum absolute atomic E-state index is 10.9. The van der Waals surface area contributed by atoms with Crippen molar-refractivity contribution in [1.29, 1.82) is 0 Å². The van der Waals surface area contributed by atoms with Crippen molar-refractivity contribution < 1.29 is 9.37 Å². The molecule has 0 aromatic carbocycles. The van der Waals surface area contributed by atoms with Crippen molar-refractivity contribution in [2.75, 3.05) is 11.9 Å². The quantitative estimate of drug-likeness (QED) is 0.633. The molecule has 142 valence electrons. The normalized spacial score (nSPS) is 13.3. The average molecular weight is 377 g/mol. The summed E-state index contributed by atoms with van der Waals surface area (Å²) >= 11 is 0. The molecule has 0 saturated carbocycles. The lowest BCUT2D eigenvalue weighted by Gasteiger charge is -2.12. The van der Waals surface area contributed by atoms with E-state index in [1.807, 2.05) is 13.0 Å². The van der Waals surface area contributed by atoms with Crippen molar-refractivity contribution >= 4 is 40.4 Å². The minimum Gasteiger partial charge on any atom is -0.364 e. The first-order valence-electron chi connectivity index (χ1n) is 8.96. The third-order valence-corrected chi connectivity index (χ3v) is 4.39. The van der Waals surface area contributed by atoms with Crippen LogP contribution >= 0.6 is 0 Å². The van der Waals surface area contributed by atoms with Crippen molar-refractivity contribution in [3.05, 3.63) is 42.4 Å². The maximum atomic E-state index is 10.9. The molecule has 1 amide bonds. The molecule has 3 N–H and O–H groups in total. The van der Waals surface area contributed by atoms with Crippen LogP contribution in [0.25, 0.3) is 16.6 Å². The highest BCUT2D eigenvalue weighted by Crippen LogP contribution is 2.24. The lowest BCUT2D eigenvalue weighted by Crippen LogP contribution is -2.28. The van der Waals surface area contributed by atoms with E-state index in [1.165, 1.54) is 0 Å². The van der Waals surface area contributed by atoms with Crippen LogP contribution in [0.2, 0.25) is 0 Å². The van der Waals surface area contributed by atoms with E-state index in [-0.39, 0.29) is 12.5 Å². The van der Waals surface area contributed by atoms with E-state index in [0.717, 1.165) is 22.4 Å². The van der Waals surface area contributed by atoms with E-state index in [1.54, 1.807) is 35.5 Å². The van der Waals surface area contributed by atoms with Crippen LogP contribution in [0.5, 0.6) is 0 Å². The summed E-state index contributed by atoms with van der Waals surface area (Å²) in [5.41, 5.74) is 7.91. The van der Waals surface area contributed by atoms with Gasteiger partial charge >= 0.3 is 0 Å². The van der Waals surface area contributed by atoms with Gasteiger partial charge in [0.2, 0.25) is 6.54 Å². The fraction of sp³-hybridized carbons (Fsp3) is 0.263. The molecule has 1 aliphatic heterocycles. The van der Waals surface area contributed by atoms with Gasteiger partial charge in [-0.3, -0.25) is 4.79 Å². The summed E-state index contributed by atoms with van der Waals surface area (Å²) < 4.78 is 3.88. The van der Waals surface area contributed by atoms with Crippen molar-refractivity contribution in [1.82, 2.24) is 24.5 Å². The standard InChI is InChI=1S/C19H20N8O/c1-11(2)27-12(3)23-14-7-22-18(6-15(14)27)24-17-4-5-21-19(25-17)13-8-26(9-13)10-16(20)28/h4-9,11H,10H2,1-3H3,(H2-,20,21,22,24,25,28)/p+1. The van der Waals surface area contributed by atoms with Crippen molar-refractivity contribution in [3.8, 4) is 0 Å². The molecule has 0 unspecified atom stereocenters. The Morgan fingerprint density at radius 1 is 1.29 bits per heavy atom. The molecule has 0 aliphatic carbocycles. The van der Waals surface area contributed by atoms with Gasteiger partial charge in [-0.05, 0) is 26.8 Å². The number of rotatable bonds is 6. The van der Waals surface area contributed by atoms with Crippen LogP contribution in [0.1, 0.15) is 31.5 Å². The van der Waals surface area contributed by atoms with Gasteiger partial charge in [0.05, 0.1) is 11.7 Å². The third-order valence-electron chi connectivity index (χ3n) is 4.39. The van der Waals surface area contributed by atoms with Gasteiger partial charge in [-0.1, -0.05) is 0 Å². The summed E-state index contributed by atoms with van der Waals surface area (Å²) in [6.07, 6.45) is 7.02. The number of amides is 1. The third kappa shape index (κ3) is 3.34. The van der Waals surface area contributed by atoms with Crippen LogP contribution in [-0.2, 0) is 4.79 Å². The molecule has 3 aromatic rings. The first-order chi connectivity index (χ1) is 13.4. The number of anilines is 2. The minimum atomic E-state index is -0.389. The lowest BCUT2D eigenvalue weighted by atomic mass is 10.2. The Morgan fingerprint density at radius 3 is 2.79 bits per heavy atom. The number of primary amides is 1. The van der Waals surface area contributed by atoms with Crippen molar-refractivity contribution in [3.63, 3.8) is 0 Å². The summed E-state index contributed by atoms with van der Waals surface area (Å²) in [7, 11) is 0. The Morgan fingerprint density at radius 2 is 2.07 bits per heavy atom. The number of imidazole rings is 1. The molecule has 0 radical (unpaired) electrons. The van der Waals surface area contributed by atoms with Crippen molar-refractivity contribution in [2.45, 2.75) is 26.8 Å². The van der Waals surface area contributed by atoms with E-state index in [9.17, 15) is 4.79 Å². The zero-order valence-electron chi connectivity index (χ0n) is 15.9. The number of aryl methyl sites for hydroxylation is 1. The minimum absolute atomic E-state index is 0.147. The first kappa shape index (κ1) is 17.8. The number of aromatic nitrogens is 5. The van der Waals surface area contributed by atoms with Crippen LogP contribution in [-0.4, -0.2) is 47.7 Å². The fourth-order valence-corrected chi connectivity index (χ4v) is 3.27. The molecule has 3 aromatic heterocycles. The Kier molecular flexibility index (Phi) is 4.34. The van der Waals surface area contributed by atoms with E-state index >= 15 is 0 Å². The SMILES string of the molecule is Cc1nc2cnc(Nc3ccnc(C4=C[N+](CC(N)=O)=C4)n3)cc2n1C(C)C. The molecular formula is C19H21N8O+. The van der Waals surface area contributed by atoms with Crippen LogP contribution in [0.4, 0.5) is 11.6 Å². The van der Waals surface area contributed by atoms with Gasteiger partial charge in [0, 0.05) is 18.3 Å². The molecule has 28 heavy (non-hydrogen) atoms. The molecular weight excluding hydrogens is 356 g/mol. The van der Waals surface area contributed by atoms with Crippen LogP contribution in [0.3, 0.4) is 0 Å². The molecule has 4 heterocycles. The second-order valence-corrected chi connectivity index (χ2v) is 6.92. The summed E-state index contributed by atoms with van der Waals surface area (Å²) in [5.74, 6) is 2.45. The first-order valence-corrected chi connectivity index (χ1v) is 8.96. The second kappa shape index (κ2) is 6.84. The highest BCUT2D eigenvalue weighted by molar-refractivity contribution is 6.09. The molecule has 0 spiro atoms. The zero-order chi connectivity index (χ0) is 19.8. The van der Waals surface area contributed by atoms with Gasteiger partial charge in [0.1, 0.15) is 28.5 Å². The van der Waals surface area contributed by atoms with Crippen LogP contribution < -0.4 is 11.1 Å². The van der Waals surface area contributed by atoms with E-state index < -0.39 is 0 Å². The molecule has 0 bridgehead atoms. The van der Waals surface area contributed by atoms with Gasteiger partial charge in [0.15, 0.2) is 18.2 Å². The van der Waals surface area contributed by atoms with E-state index in [2.05, 4.69) is 43.7 Å². The van der Waals surface area contributed by atoms with E-state index in [4.69, 9.17) is 5.73 Å². The molecule has 9 heteroatoms. The largest absolute Gasteiger partial charge is 0.364 e. The van der Waals surface area contributed by atoms with Crippen molar-refractivity contribution in [2.24, 2.45) is 5.73 Å². The highest BCUT2D eigenvalue weighted by Gasteiger charge is 2.22. The predicted molar refractivity (Wildman–Crippen MR) is 106 cm³/mol. The van der Waals surface area contributed by atoms with Gasteiger partial charge in [0.25, 0.3) is 5.91 Å². The number of hydrogen-bond donors (Lipinski definition) is 2. The van der Waals surface area contributed by atoms with Gasteiger partial charge in [-0.15, -0.1) is 0 Å². The molecule has 0 fully saturated rings. The number of carbonyl (C=O) groups excluding carboxylic acids is 1. The lowest BCUT2D eigenvalue weighted by molar-refractivity contribution is -0.446. The molecule has 1 aliphatic rings. The number of nitrogens with one attached hydrogen (secondary N) is 1. The number of allylic oxidation sites excluding steroid dienone is 1. The Hall–Kier alpha value is -3.62. The number of pyridine rings is 1. The Labute approximate surface area is 161 Å². The van der Waals surface area contributed by atoms with Crippen LogP contribution in [0.15, 0.2) is 30.7 Å². The predicted octanol–water partition coefficient (Wildman–Crippen LogP) is 1.78. The average Bonchev–Trinajstić information content (AvgIpc) is 2.93. The van der Waals surface area contributed by atoms with Gasteiger partial charge in [-0.2, -0.15) is 4.58 Å². The molecule has 4 rings (SSSR count). The monoisotopic (exact) mass is 377 g/mol. The number of nitrogens with two attached hydrogens (primary N) is 1. The number of nitrogens with zero attached hydrogens (tertiary/aromatic N) is 6. The second-order valence-electron chi connectivity index (χ2n) is 6.92. The molecule has 0 saturated heterocycles. The van der Waals surface area contributed by atoms with Crippen LogP contribution in [0, 0.1) is 6.92 Å². The number of hydrogen-bond acceptors (Lipinski definition) is 6. The summed E-state index contributed by atoms with van der Waals surface area (Å²) in [6, 6.07) is 4.05. The summed E-state index contributed by atoms with van der Waals surface area (Å²) in [6.45, 7) is 6.40. The van der Waals surface area contributed by atoms with Gasteiger partial charge in [-0.25, -0.2) is 19.9 Å². The molecule has 9 nitrogen and oxygen atoms in total. The zero-order valence-corrected chi connectivity index (χ0v) is 15.9. The number of fused-ring (bicyclic) bond motifs is 1. The Balaban J connectivity index is 1.57. The van der Waals surface area contributed by atoms with Gasteiger partial charge < -0.3 is 15.6 Å². The highest BCUT2D eigenvalue weighted by atomic mass is 16.1. The maximum Gasteiger partial charge on any atom is 0.283 e. The summed E-state index contributed by atoms with van der Waals surface area (Å²) in [4.78, 5) is 28.7. The number of carbonyl (C=O) groups is 1. The fourth-order valence-electron chi connectivity index (χ4n) is 3.27. The smallest absolute Gasteiger partial charge is 0.283 e. The molecule has 0 atom stereocenters. The summed E-state index contributed by atoms with van der Waals surface area (Å²) in [5, 5.41) is 3.23. The topological polar surface area (TPSA) is 115 Å². The Bertz CT molecular complexity index is 1140. The van der Waals surface area contributed by atoms with E-state index in [0.29, 0.717) is 23.5 Å².